The molecule has 0 spiro atoms. The van der Waals surface area contributed by atoms with Crippen LogP contribution >= 0.6 is 0 Å². The lowest BCUT2D eigenvalue weighted by Gasteiger charge is -2.58. The number of hydrogen-bond donors (Lipinski definition) is 0. The SMILES string of the molecule is COC1CC[C@@]2(C)C(=CCC3C4CCC(C(C)N(C)C)[C@@]4(C)CCC32)C1. The fraction of sp³-hybridized carbons (Fsp3) is 0.917. The summed E-state index contributed by atoms with van der Waals surface area (Å²) in [4.78, 5) is 2.47. The van der Waals surface area contributed by atoms with Crippen LogP contribution in [0.15, 0.2) is 11.6 Å². The molecule has 0 bridgehead atoms. The van der Waals surface area contributed by atoms with Crippen molar-refractivity contribution in [3.63, 3.8) is 0 Å². The summed E-state index contributed by atoms with van der Waals surface area (Å²) in [5.41, 5.74) is 2.78. The van der Waals surface area contributed by atoms with Crippen molar-refractivity contribution in [1.82, 2.24) is 4.90 Å². The molecule has 8 atom stereocenters. The Morgan fingerprint density at radius 1 is 1.08 bits per heavy atom. The Morgan fingerprint density at radius 2 is 1.85 bits per heavy atom. The zero-order valence-electron chi connectivity index (χ0n) is 18.1. The van der Waals surface area contributed by atoms with Crippen molar-refractivity contribution in [2.24, 2.45) is 34.5 Å². The molecule has 0 aromatic carbocycles. The number of nitrogens with zero attached hydrogens (tertiary/aromatic N) is 1. The van der Waals surface area contributed by atoms with Gasteiger partial charge in [-0.1, -0.05) is 25.5 Å². The van der Waals surface area contributed by atoms with E-state index < -0.39 is 0 Å². The Kier molecular flexibility index (Phi) is 4.84. The third-order valence-corrected chi connectivity index (χ3v) is 9.86. The van der Waals surface area contributed by atoms with Gasteiger partial charge in [-0.3, -0.25) is 0 Å². The number of rotatable bonds is 3. The van der Waals surface area contributed by atoms with Gasteiger partial charge in [0, 0.05) is 13.2 Å². The van der Waals surface area contributed by atoms with Gasteiger partial charge < -0.3 is 9.64 Å². The van der Waals surface area contributed by atoms with Crippen molar-refractivity contribution in [3.05, 3.63) is 11.6 Å². The maximum atomic E-state index is 5.72. The molecule has 0 aliphatic heterocycles. The second-order valence-electron chi connectivity index (χ2n) is 10.8. The number of ether oxygens (including phenoxy) is 1. The van der Waals surface area contributed by atoms with E-state index in [0.29, 0.717) is 23.0 Å². The summed E-state index contributed by atoms with van der Waals surface area (Å²) >= 11 is 0. The second kappa shape index (κ2) is 6.62. The van der Waals surface area contributed by atoms with Gasteiger partial charge in [0.05, 0.1) is 6.10 Å². The Balaban J connectivity index is 1.60. The summed E-state index contributed by atoms with van der Waals surface area (Å²) in [6, 6.07) is 0.712. The predicted octanol–water partition coefficient (Wildman–Crippen LogP) is 5.53. The number of allylic oxidation sites excluding steroid dienone is 1. The molecule has 4 aliphatic rings. The molecule has 0 N–H and O–H groups in total. The number of methoxy groups -OCH3 is 1. The highest BCUT2D eigenvalue weighted by Crippen LogP contribution is 2.66. The first-order valence-electron chi connectivity index (χ1n) is 11.2. The molecule has 3 saturated carbocycles. The Hall–Kier alpha value is -0.340. The van der Waals surface area contributed by atoms with Crippen molar-refractivity contribution >= 4 is 0 Å². The zero-order chi connectivity index (χ0) is 18.7. The van der Waals surface area contributed by atoms with Gasteiger partial charge >= 0.3 is 0 Å². The minimum absolute atomic E-state index is 0.463. The number of fused-ring (bicyclic) bond motifs is 5. The molecule has 0 amide bonds. The van der Waals surface area contributed by atoms with Gasteiger partial charge in [-0.25, -0.2) is 0 Å². The van der Waals surface area contributed by atoms with Crippen LogP contribution in [0.25, 0.3) is 0 Å². The first kappa shape index (κ1) is 19.0. The van der Waals surface area contributed by atoms with Gasteiger partial charge in [-0.15, -0.1) is 0 Å². The van der Waals surface area contributed by atoms with E-state index in [1.165, 1.54) is 51.4 Å². The van der Waals surface area contributed by atoms with Gasteiger partial charge in [0.25, 0.3) is 0 Å². The largest absolute Gasteiger partial charge is 0.381 e. The molecule has 0 saturated heterocycles. The van der Waals surface area contributed by atoms with Crippen molar-refractivity contribution < 1.29 is 4.74 Å². The summed E-state index contributed by atoms with van der Waals surface area (Å²) in [5.74, 6) is 3.68. The van der Waals surface area contributed by atoms with E-state index in [4.69, 9.17) is 4.74 Å². The van der Waals surface area contributed by atoms with Gasteiger partial charge in [-0.05, 0) is 107 Å². The maximum Gasteiger partial charge on any atom is 0.0608 e. The van der Waals surface area contributed by atoms with Crippen LogP contribution < -0.4 is 0 Å². The van der Waals surface area contributed by atoms with Crippen LogP contribution in [-0.2, 0) is 4.74 Å². The smallest absolute Gasteiger partial charge is 0.0608 e. The fourth-order valence-electron chi connectivity index (χ4n) is 8.02. The van der Waals surface area contributed by atoms with Crippen LogP contribution in [0.3, 0.4) is 0 Å². The average Bonchev–Trinajstić information content (AvgIpc) is 2.97. The van der Waals surface area contributed by atoms with Crippen molar-refractivity contribution in [2.45, 2.75) is 84.3 Å². The summed E-state index contributed by atoms with van der Waals surface area (Å²) < 4.78 is 5.72. The normalized spacial score (nSPS) is 49.2. The van der Waals surface area contributed by atoms with E-state index in [0.717, 1.165) is 23.7 Å². The van der Waals surface area contributed by atoms with Crippen LogP contribution in [0, 0.1) is 34.5 Å². The molecule has 0 heterocycles. The molecule has 4 rings (SSSR count). The van der Waals surface area contributed by atoms with E-state index in [1.807, 2.05) is 7.11 Å². The van der Waals surface area contributed by atoms with Crippen LogP contribution in [0.1, 0.15) is 72.1 Å². The minimum atomic E-state index is 0.463. The van der Waals surface area contributed by atoms with Crippen molar-refractivity contribution in [1.29, 1.82) is 0 Å². The monoisotopic (exact) mass is 359 g/mol. The van der Waals surface area contributed by atoms with Crippen LogP contribution in [-0.4, -0.2) is 38.3 Å². The highest BCUT2D eigenvalue weighted by Gasteiger charge is 2.59. The molecular weight excluding hydrogens is 318 g/mol. The zero-order valence-corrected chi connectivity index (χ0v) is 18.1. The molecule has 0 aromatic heterocycles. The molecule has 2 heteroatoms. The second-order valence-corrected chi connectivity index (χ2v) is 10.8. The molecule has 2 nitrogen and oxygen atoms in total. The Bertz CT molecular complexity index is 569. The summed E-state index contributed by atoms with van der Waals surface area (Å²) in [6.45, 7) is 7.74. The Labute approximate surface area is 161 Å². The lowest BCUT2D eigenvalue weighted by molar-refractivity contribution is -0.0613. The van der Waals surface area contributed by atoms with Gasteiger partial charge in [0.15, 0.2) is 0 Å². The Morgan fingerprint density at radius 3 is 2.54 bits per heavy atom. The summed E-state index contributed by atoms with van der Waals surface area (Å²) in [5, 5.41) is 0. The van der Waals surface area contributed by atoms with Crippen molar-refractivity contribution in [3.8, 4) is 0 Å². The van der Waals surface area contributed by atoms with Crippen LogP contribution in [0.4, 0.5) is 0 Å². The van der Waals surface area contributed by atoms with Gasteiger partial charge in [-0.2, -0.15) is 0 Å². The van der Waals surface area contributed by atoms with E-state index in [2.05, 4.69) is 45.8 Å². The molecule has 148 valence electrons. The molecule has 6 unspecified atom stereocenters. The van der Waals surface area contributed by atoms with E-state index in [1.54, 1.807) is 5.57 Å². The molecular formula is C24H41NO. The minimum Gasteiger partial charge on any atom is -0.381 e. The highest BCUT2D eigenvalue weighted by atomic mass is 16.5. The molecule has 3 fully saturated rings. The summed E-state index contributed by atoms with van der Waals surface area (Å²) in [6.07, 6.45) is 14.1. The van der Waals surface area contributed by atoms with Crippen LogP contribution in [0.5, 0.6) is 0 Å². The number of hydrogen-bond acceptors (Lipinski definition) is 2. The lowest BCUT2D eigenvalue weighted by atomic mass is 9.47. The first-order chi connectivity index (χ1) is 12.3. The predicted molar refractivity (Wildman–Crippen MR) is 109 cm³/mol. The quantitative estimate of drug-likeness (QED) is 0.614. The topological polar surface area (TPSA) is 12.5 Å². The van der Waals surface area contributed by atoms with Crippen LogP contribution in [0.2, 0.25) is 0 Å². The van der Waals surface area contributed by atoms with Gasteiger partial charge in [0.2, 0.25) is 0 Å². The summed E-state index contributed by atoms with van der Waals surface area (Å²) in [7, 11) is 6.45. The average molecular weight is 360 g/mol. The lowest BCUT2D eigenvalue weighted by Crippen LogP contribution is -2.52. The third-order valence-electron chi connectivity index (χ3n) is 9.86. The first-order valence-corrected chi connectivity index (χ1v) is 11.2. The third kappa shape index (κ3) is 2.65. The van der Waals surface area contributed by atoms with E-state index in [-0.39, 0.29) is 0 Å². The van der Waals surface area contributed by atoms with E-state index >= 15 is 0 Å². The van der Waals surface area contributed by atoms with Crippen molar-refractivity contribution in [2.75, 3.05) is 21.2 Å². The van der Waals surface area contributed by atoms with E-state index in [9.17, 15) is 0 Å². The molecule has 26 heavy (non-hydrogen) atoms. The molecule has 0 aromatic rings. The van der Waals surface area contributed by atoms with Gasteiger partial charge in [0.1, 0.15) is 0 Å². The highest BCUT2D eigenvalue weighted by molar-refractivity contribution is 5.25. The molecule has 4 aliphatic carbocycles. The fourth-order valence-corrected chi connectivity index (χ4v) is 8.02. The maximum absolute atomic E-state index is 5.72. The molecule has 0 radical (unpaired) electrons. The standard InChI is InChI=1S/C24H41NO/c1-16(25(4)5)20-9-10-21-19-8-7-17-15-18(26-6)11-13-23(17,2)22(19)12-14-24(20,21)3/h7,16,18-22H,8-15H2,1-6H3/t16?,18?,19?,20?,21?,22?,23-,24+/m0/s1.